The molecule has 0 aliphatic carbocycles. The van der Waals surface area contributed by atoms with Gasteiger partial charge in [-0.25, -0.2) is 9.67 Å². The molecular weight excluding hydrogens is 210 g/mol. The first-order valence-electron chi connectivity index (χ1n) is 4.27. The fourth-order valence-corrected chi connectivity index (χ4v) is 1.17. The van der Waals surface area contributed by atoms with Crippen LogP contribution in [0.5, 0.6) is 0 Å². The normalized spacial score (nSPS) is 9.69. The first kappa shape index (κ1) is 9.79. The lowest BCUT2D eigenvalue weighted by atomic mass is 10.3. The van der Waals surface area contributed by atoms with Crippen LogP contribution in [0.4, 0.5) is 5.69 Å². The molecule has 7 heteroatoms. The SMILES string of the molecule is N#Cc1ncn(-c2ccc([N+](=O)[O-])cc2)n1. The molecule has 1 aromatic carbocycles. The maximum absolute atomic E-state index is 10.4. The molecule has 0 saturated carbocycles. The highest BCUT2D eigenvalue weighted by Crippen LogP contribution is 2.14. The van der Waals surface area contributed by atoms with Crippen LogP contribution in [0.15, 0.2) is 30.6 Å². The van der Waals surface area contributed by atoms with Gasteiger partial charge in [0.15, 0.2) is 0 Å². The van der Waals surface area contributed by atoms with Crippen molar-refractivity contribution in [1.29, 1.82) is 5.26 Å². The Morgan fingerprint density at radius 3 is 2.56 bits per heavy atom. The predicted octanol–water partition coefficient (Wildman–Crippen LogP) is 1.05. The zero-order chi connectivity index (χ0) is 11.5. The van der Waals surface area contributed by atoms with Crippen LogP contribution in [0.2, 0.25) is 0 Å². The number of benzene rings is 1. The van der Waals surface area contributed by atoms with Crippen LogP contribution in [0.1, 0.15) is 5.82 Å². The molecule has 0 aliphatic rings. The van der Waals surface area contributed by atoms with Crippen LogP contribution in [-0.2, 0) is 0 Å². The predicted molar refractivity (Wildman–Crippen MR) is 52.7 cm³/mol. The van der Waals surface area contributed by atoms with Crippen molar-refractivity contribution < 1.29 is 4.92 Å². The number of aromatic nitrogens is 3. The van der Waals surface area contributed by atoms with Crippen LogP contribution >= 0.6 is 0 Å². The molecule has 0 bridgehead atoms. The number of non-ortho nitro benzene ring substituents is 1. The van der Waals surface area contributed by atoms with Gasteiger partial charge in [-0.2, -0.15) is 5.26 Å². The second-order valence-corrected chi connectivity index (χ2v) is 2.90. The lowest BCUT2D eigenvalue weighted by Gasteiger charge is -1.98. The van der Waals surface area contributed by atoms with Crippen molar-refractivity contribution in [1.82, 2.24) is 14.8 Å². The van der Waals surface area contributed by atoms with Gasteiger partial charge in [0.25, 0.3) is 11.5 Å². The Balaban J connectivity index is 2.35. The average molecular weight is 215 g/mol. The highest BCUT2D eigenvalue weighted by molar-refractivity contribution is 5.40. The average Bonchev–Trinajstić information content (AvgIpc) is 2.77. The molecule has 0 saturated heterocycles. The van der Waals surface area contributed by atoms with Crippen LogP contribution in [-0.4, -0.2) is 19.7 Å². The van der Waals surface area contributed by atoms with Crippen LogP contribution < -0.4 is 0 Å². The minimum atomic E-state index is -0.480. The number of nitrogens with zero attached hydrogens (tertiary/aromatic N) is 5. The van der Waals surface area contributed by atoms with Crippen molar-refractivity contribution in [2.24, 2.45) is 0 Å². The largest absolute Gasteiger partial charge is 0.269 e. The van der Waals surface area contributed by atoms with Gasteiger partial charge in [-0.15, -0.1) is 5.10 Å². The summed E-state index contributed by atoms with van der Waals surface area (Å²) < 4.78 is 1.38. The van der Waals surface area contributed by atoms with Gasteiger partial charge in [0.1, 0.15) is 12.4 Å². The van der Waals surface area contributed by atoms with E-state index < -0.39 is 4.92 Å². The summed E-state index contributed by atoms with van der Waals surface area (Å²) >= 11 is 0. The van der Waals surface area contributed by atoms with E-state index in [2.05, 4.69) is 10.1 Å². The van der Waals surface area contributed by atoms with E-state index in [0.717, 1.165) is 0 Å². The molecule has 2 aromatic rings. The summed E-state index contributed by atoms with van der Waals surface area (Å²) in [6.07, 6.45) is 1.37. The Morgan fingerprint density at radius 1 is 1.38 bits per heavy atom. The Labute approximate surface area is 89.7 Å². The Hall–Kier alpha value is -2.75. The summed E-state index contributed by atoms with van der Waals surface area (Å²) in [5, 5.41) is 22.8. The first-order valence-corrected chi connectivity index (χ1v) is 4.27. The smallest absolute Gasteiger partial charge is 0.258 e. The van der Waals surface area contributed by atoms with Gasteiger partial charge in [0.05, 0.1) is 10.6 Å². The molecule has 0 N–H and O–H groups in total. The molecule has 0 unspecified atom stereocenters. The molecule has 1 aromatic heterocycles. The number of nitro benzene ring substituents is 1. The Kier molecular flexibility index (Phi) is 2.31. The van der Waals surface area contributed by atoms with Gasteiger partial charge in [-0.3, -0.25) is 10.1 Å². The molecule has 0 radical (unpaired) electrons. The molecule has 16 heavy (non-hydrogen) atoms. The summed E-state index contributed by atoms with van der Waals surface area (Å²) in [5.74, 6) is 0.0540. The fourth-order valence-electron chi connectivity index (χ4n) is 1.17. The van der Waals surface area contributed by atoms with Crippen molar-refractivity contribution in [3.8, 4) is 11.8 Å². The molecule has 0 spiro atoms. The number of hydrogen-bond donors (Lipinski definition) is 0. The standard InChI is InChI=1S/C9H5N5O2/c10-5-9-11-6-13(12-9)7-1-3-8(4-2-7)14(15)16/h1-4,6H. The number of nitro groups is 1. The topological polar surface area (TPSA) is 97.6 Å². The molecule has 0 fully saturated rings. The van der Waals surface area contributed by atoms with Gasteiger partial charge in [0, 0.05) is 12.1 Å². The van der Waals surface area contributed by atoms with E-state index in [0.29, 0.717) is 5.69 Å². The molecule has 0 aliphatic heterocycles. The lowest BCUT2D eigenvalue weighted by molar-refractivity contribution is -0.384. The third-order valence-electron chi connectivity index (χ3n) is 1.92. The summed E-state index contributed by atoms with van der Waals surface area (Å²) in [4.78, 5) is 13.7. The van der Waals surface area contributed by atoms with E-state index in [1.54, 1.807) is 6.07 Å². The Morgan fingerprint density at radius 2 is 2.06 bits per heavy atom. The van der Waals surface area contributed by atoms with E-state index in [1.807, 2.05) is 0 Å². The van der Waals surface area contributed by atoms with E-state index in [-0.39, 0.29) is 11.5 Å². The molecule has 7 nitrogen and oxygen atoms in total. The molecular formula is C9H5N5O2. The number of rotatable bonds is 2. The maximum atomic E-state index is 10.4. The Bertz CT molecular complexity index is 566. The zero-order valence-electron chi connectivity index (χ0n) is 7.94. The molecule has 2 rings (SSSR count). The van der Waals surface area contributed by atoms with Gasteiger partial charge < -0.3 is 0 Å². The molecule has 0 amide bonds. The van der Waals surface area contributed by atoms with Crippen molar-refractivity contribution in [2.75, 3.05) is 0 Å². The third-order valence-corrected chi connectivity index (χ3v) is 1.92. The minimum Gasteiger partial charge on any atom is -0.258 e. The maximum Gasteiger partial charge on any atom is 0.269 e. The van der Waals surface area contributed by atoms with Gasteiger partial charge in [0.2, 0.25) is 0 Å². The summed E-state index contributed by atoms with van der Waals surface area (Å²) in [7, 11) is 0. The van der Waals surface area contributed by atoms with Gasteiger partial charge in [-0.1, -0.05) is 0 Å². The molecule has 78 valence electrons. The van der Waals surface area contributed by atoms with Crippen LogP contribution in [0.25, 0.3) is 5.69 Å². The molecule has 1 heterocycles. The fraction of sp³-hybridized carbons (Fsp3) is 0. The van der Waals surface area contributed by atoms with E-state index in [9.17, 15) is 10.1 Å². The quantitative estimate of drug-likeness (QED) is 0.550. The van der Waals surface area contributed by atoms with Crippen LogP contribution in [0.3, 0.4) is 0 Å². The second-order valence-electron chi connectivity index (χ2n) is 2.90. The first-order chi connectivity index (χ1) is 7.70. The van der Waals surface area contributed by atoms with Crippen molar-refractivity contribution >= 4 is 5.69 Å². The monoisotopic (exact) mass is 215 g/mol. The van der Waals surface area contributed by atoms with Crippen LogP contribution in [0, 0.1) is 21.4 Å². The van der Waals surface area contributed by atoms with Crippen molar-refractivity contribution in [3.05, 3.63) is 46.5 Å². The zero-order valence-corrected chi connectivity index (χ0v) is 7.94. The molecule has 0 atom stereocenters. The summed E-state index contributed by atoms with van der Waals surface area (Å²) in [6.45, 7) is 0. The van der Waals surface area contributed by atoms with Gasteiger partial charge in [-0.05, 0) is 12.1 Å². The highest BCUT2D eigenvalue weighted by Gasteiger charge is 2.06. The highest BCUT2D eigenvalue weighted by atomic mass is 16.6. The number of hydrogen-bond acceptors (Lipinski definition) is 5. The van der Waals surface area contributed by atoms with E-state index in [1.165, 1.54) is 35.3 Å². The number of nitriles is 1. The van der Waals surface area contributed by atoms with Crippen molar-refractivity contribution in [3.63, 3.8) is 0 Å². The minimum absolute atomic E-state index is 0.00405. The second kappa shape index (κ2) is 3.78. The van der Waals surface area contributed by atoms with E-state index >= 15 is 0 Å². The lowest BCUT2D eigenvalue weighted by Crippen LogP contribution is -1.95. The third kappa shape index (κ3) is 1.72. The van der Waals surface area contributed by atoms with E-state index in [4.69, 9.17) is 5.26 Å². The summed E-state index contributed by atoms with van der Waals surface area (Å²) in [6, 6.07) is 7.60. The van der Waals surface area contributed by atoms with Crippen molar-refractivity contribution in [2.45, 2.75) is 0 Å². The van der Waals surface area contributed by atoms with Gasteiger partial charge >= 0.3 is 0 Å². The summed E-state index contributed by atoms with van der Waals surface area (Å²) in [5.41, 5.74) is 0.615.